The average molecular weight is 240 g/mol. The van der Waals surface area contributed by atoms with Crippen molar-refractivity contribution < 1.29 is 14.3 Å². The first-order valence-corrected chi connectivity index (χ1v) is 5.66. The zero-order chi connectivity index (χ0) is 13.4. The lowest BCUT2D eigenvalue weighted by molar-refractivity contribution is -0.146. The summed E-state index contributed by atoms with van der Waals surface area (Å²) < 4.78 is 4.62. The van der Waals surface area contributed by atoms with Crippen LogP contribution in [0, 0.1) is 23.2 Å². The van der Waals surface area contributed by atoms with E-state index in [-0.39, 0.29) is 24.2 Å². The van der Waals surface area contributed by atoms with Crippen LogP contribution in [0.2, 0.25) is 0 Å². The summed E-state index contributed by atoms with van der Waals surface area (Å²) >= 11 is 0. The van der Waals surface area contributed by atoms with Crippen molar-refractivity contribution >= 4 is 11.9 Å². The highest BCUT2D eigenvalue weighted by atomic mass is 16.5. The third-order valence-corrected chi connectivity index (χ3v) is 2.35. The molecule has 0 aromatic heterocycles. The predicted octanol–water partition coefficient (Wildman–Crippen LogP) is 1.24. The summed E-state index contributed by atoms with van der Waals surface area (Å²) in [6, 6.07) is 1.24. The van der Waals surface area contributed by atoms with Gasteiger partial charge in [-0.25, -0.2) is 4.79 Å². The van der Waals surface area contributed by atoms with Crippen molar-refractivity contribution in [1.82, 2.24) is 5.32 Å². The highest BCUT2D eigenvalue weighted by Gasteiger charge is 2.27. The van der Waals surface area contributed by atoms with E-state index in [4.69, 9.17) is 5.26 Å². The van der Waals surface area contributed by atoms with Gasteiger partial charge < -0.3 is 10.1 Å². The summed E-state index contributed by atoms with van der Waals surface area (Å²) in [6.07, 6.45) is 0.550. The molecule has 0 rings (SSSR count). The second-order valence-corrected chi connectivity index (χ2v) is 4.51. The van der Waals surface area contributed by atoms with Gasteiger partial charge in [0.1, 0.15) is 6.04 Å². The maximum Gasteiger partial charge on any atom is 0.328 e. The van der Waals surface area contributed by atoms with Crippen LogP contribution in [0.25, 0.3) is 0 Å². The number of esters is 1. The fourth-order valence-electron chi connectivity index (χ4n) is 1.43. The molecule has 17 heavy (non-hydrogen) atoms. The Morgan fingerprint density at radius 2 is 1.94 bits per heavy atom. The maximum absolute atomic E-state index is 11.6. The van der Waals surface area contributed by atoms with Crippen LogP contribution in [-0.4, -0.2) is 25.0 Å². The Morgan fingerprint density at radius 3 is 2.35 bits per heavy atom. The molecule has 0 aliphatic heterocycles. The molecule has 0 heterocycles. The van der Waals surface area contributed by atoms with Crippen molar-refractivity contribution in [2.24, 2.45) is 11.8 Å². The van der Waals surface area contributed by atoms with E-state index < -0.39 is 12.0 Å². The van der Waals surface area contributed by atoms with Gasteiger partial charge in [0, 0.05) is 18.8 Å². The van der Waals surface area contributed by atoms with Gasteiger partial charge in [0.2, 0.25) is 5.91 Å². The van der Waals surface area contributed by atoms with Gasteiger partial charge in [-0.15, -0.1) is 0 Å². The fourth-order valence-corrected chi connectivity index (χ4v) is 1.43. The summed E-state index contributed by atoms with van der Waals surface area (Å²) in [4.78, 5) is 23.1. The average Bonchev–Trinajstić information content (AvgIpc) is 2.24. The molecule has 0 bridgehead atoms. The summed E-state index contributed by atoms with van der Waals surface area (Å²) in [5.41, 5.74) is 0. The second-order valence-electron chi connectivity index (χ2n) is 4.51. The van der Waals surface area contributed by atoms with Gasteiger partial charge >= 0.3 is 5.97 Å². The quantitative estimate of drug-likeness (QED) is 0.708. The van der Waals surface area contributed by atoms with Crippen molar-refractivity contribution in [3.63, 3.8) is 0 Å². The first-order chi connectivity index (χ1) is 7.92. The van der Waals surface area contributed by atoms with E-state index in [1.807, 2.05) is 19.9 Å². The van der Waals surface area contributed by atoms with Gasteiger partial charge in [0.15, 0.2) is 0 Å². The van der Waals surface area contributed by atoms with E-state index in [2.05, 4.69) is 10.1 Å². The SMILES string of the molecule is COC(=O)[C@@H](NC(=O)CC(C)C)[C@H](C)CC#N. The number of nitriles is 1. The number of hydrogen-bond acceptors (Lipinski definition) is 4. The van der Waals surface area contributed by atoms with Crippen LogP contribution in [0.4, 0.5) is 0 Å². The van der Waals surface area contributed by atoms with Crippen molar-refractivity contribution in [1.29, 1.82) is 5.26 Å². The van der Waals surface area contributed by atoms with Crippen molar-refractivity contribution in [3.05, 3.63) is 0 Å². The fraction of sp³-hybridized carbons (Fsp3) is 0.750. The van der Waals surface area contributed by atoms with Gasteiger partial charge in [-0.3, -0.25) is 4.79 Å². The Labute approximate surface area is 102 Å². The predicted molar refractivity (Wildman–Crippen MR) is 62.8 cm³/mol. The summed E-state index contributed by atoms with van der Waals surface area (Å²) in [7, 11) is 1.27. The monoisotopic (exact) mass is 240 g/mol. The van der Waals surface area contributed by atoms with Gasteiger partial charge in [-0.1, -0.05) is 20.8 Å². The molecule has 0 saturated carbocycles. The van der Waals surface area contributed by atoms with Crippen LogP contribution in [0.15, 0.2) is 0 Å². The third-order valence-electron chi connectivity index (χ3n) is 2.35. The molecule has 96 valence electrons. The Bertz CT molecular complexity index is 307. The molecule has 0 aliphatic rings. The van der Waals surface area contributed by atoms with E-state index in [9.17, 15) is 9.59 Å². The molecule has 0 aromatic carbocycles. The lowest BCUT2D eigenvalue weighted by atomic mass is 9.98. The normalized spacial score (nSPS) is 13.6. The van der Waals surface area contributed by atoms with E-state index in [0.717, 1.165) is 0 Å². The van der Waals surface area contributed by atoms with Crippen molar-refractivity contribution in [3.8, 4) is 6.07 Å². The lowest BCUT2D eigenvalue weighted by Crippen LogP contribution is -2.46. The third kappa shape index (κ3) is 5.91. The maximum atomic E-state index is 11.6. The molecular formula is C12H20N2O3. The lowest BCUT2D eigenvalue weighted by Gasteiger charge is -2.21. The molecule has 5 heteroatoms. The van der Waals surface area contributed by atoms with Crippen LogP contribution in [0.3, 0.4) is 0 Å². The summed E-state index contributed by atoms with van der Waals surface area (Å²) in [5.74, 6) is -0.742. The standard InChI is InChI=1S/C12H20N2O3/c1-8(2)7-10(15)14-11(12(16)17-4)9(3)5-6-13/h8-9,11H,5,7H2,1-4H3,(H,14,15)/t9-,11+/m1/s1. The Hall–Kier alpha value is -1.57. The van der Waals surface area contributed by atoms with Gasteiger partial charge in [0.05, 0.1) is 13.2 Å². The van der Waals surface area contributed by atoms with Crippen LogP contribution in [0.5, 0.6) is 0 Å². The molecule has 0 radical (unpaired) electrons. The molecule has 2 atom stereocenters. The molecular weight excluding hydrogens is 220 g/mol. The number of carbonyl (C=O) groups excluding carboxylic acids is 2. The number of rotatable bonds is 6. The summed E-state index contributed by atoms with van der Waals surface area (Å²) in [6.45, 7) is 5.58. The largest absolute Gasteiger partial charge is 0.467 e. The number of hydrogen-bond donors (Lipinski definition) is 1. The molecule has 1 amide bonds. The highest BCUT2D eigenvalue weighted by molar-refractivity contribution is 5.84. The number of methoxy groups -OCH3 is 1. The Kier molecular flexibility index (Phi) is 6.95. The van der Waals surface area contributed by atoms with Gasteiger partial charge in [-0.05, 0) is 5.92 Å². The molecule has 5 nitrogen and oxygen atoms in total. The number of ether oxygens (including phenoxy) is 1. The molecule has 0 spiro atoms. The number of nitrogens with one attached hydrogen (secondary N) is 1. The number of amides is 1. The minimum atomic E-state index is -0.745. The highest BCUT2D eigenvalue weighted by Crippen LogP contribution is 2.10. The number of nitrogens with zero attached hydrogens (tertiary/aromatic N) is 1. The van der Waals surface area contributed by atoms with Crippen LogP contribution < -0.4 is 5.32 Å². The van der Waals surface area contributed by atoms with Crippen molar-refractivity contribution in [2.75, 3.05) is 7.11 Å². The second kappa shape index (κ2) is 7.66. The van der Waals surface area contributed by atoms with Gasteiger partial charge in [-0.2, -0.15) is 5.26 Å². The van der Waals surface area contributed by atoms with E-state index >= 15 is 0 Å². The van der Waals surface area contributed by atoms with Gasteiger partial charge in [0.25, 0.3) is 0 Å². The van der Waals surface area contributed by atoms with Crippen LogP contribution >= 0.6 is 0 Å². The number of carbonyl (C=O) groups is 2. The Morgan fingerprint density at radius 1 is 1.35 bits per heavy atom. The minimum Gasteiger partial charge on any atom is -0.467 e. The zero-order valence-electron chi connectivity index (χ0n) is 10.8. The molecule has 1 N–H and O–H groups in total. The molecule has 0 unspecified atom stereocenters. The Balaban J connectivity index is 4.55. The van der Waals surface area contributed by atoms with Crippen LogP contribution in [0.1, 0.15) is 33.6 Å². The smallest absolute Gasteiger partial charge is 0.328 e. The first-order valence-electron chi connectivity index (χ1n) is 5.66. The van der Waals surface area contributed by atoms with E-state index in [1.165, 1.54) is 7.11 Å². The summed E-state index contributed by atoms with van der Waals surface area (Å²) in [5, 5.41) is 11.2. The van der Waals surface area contributed by atoms with Crippen LogP contribution in [-0.2, 0) is 14.3 Å². The molecule has 0 saturated heterocycles. The zero-order valence-corrected chi connectivity index (χ0v) is 10.8. The van der Waals surface area contributed by atoms with E-state index in [0.29, 0.717) is 6.42 Å². The molecule has 0 aromatic rings. The van der Waals surface area contributed by atoms with Crippen molar-refractivity contribution in [2.45, 2.75) is 39.7 Å². The molecule has 0 fully saturated rings. The first kappa shape index (κ1) is 15.4. The molecule has 0 aliphatic carbocycles. The van der Waals surface area contributed by atoms with E-state index in [1.54, 1.807) is 6.92 Å². The minimum absolute atomic E-state index is 0.194. The topological polar surface area (TPSA) is 79.2 Å².